The van der Waals surface area contributed by atoms with Gasteiger partial charge in [0.1, 0.15) is 34.3 Å². The van der Waals surface area contributed by atoms with Crippen LogP contribution in [0.5, 0.6) is 0 Å². The van der Waals surface area contributed by atoms with Gasteiger partial charge in [-0.25, -0.2) is 4.98 Å². The number of rotatable bonds is 10. The molecule has 1 fully saturated rings. The highest BCUT2D eigenvalue weighted by Gasteiger charge is 2.34. The van der Waals surface area contributed by atoms with Gasteiger partial charge in [0.25, 0.3) is 0 Å². The molecule has 0 aliphatic carbocycles. The SMILES string of the molecule is CCc1c(C#N)c(SC(C(N)=O)c2ccccc2)nc(N2CC(COC(=O)C(N)C(C)C)C2)c1C#N. The first-order valence-corrected chi connectivity index (χ1v) is 12.6. The molecule has 0 bridgehead atoms. The number of nitrogens with two attached hydrogens (primary N) is 2. The molecule has 1 saturated heterocycles. The predicted octanol–water partition coefficient (Wildman–Crippen LogP) is 2.67. The van der Waals surface area contributed by atoms with Crippen molar-refractivity contribution in [1.29, 1.82) is 10.5 Å². The number of anilines is 1. The van der Waals surface area contributed by atoms with Crippen LogP contribution in [-0.4, -0.2) is 42.6 Å². The van der Waals surface area contributed by atoms with Crippen LogP contribution >= 0.6 is 11.8 Å². The summed E-state index contributed by atoms with van der Waals surface area (Å²) in [4.78, 5) is 31.0. The Bertz CT molecular complexity index is 1200. The van der Waals surface area contributed by atoms with Gasteiger partial charge < -0.3 is 21.1 Å². The van der Waals surface area contributed by atoms with Gasteiger partial charge >= 0.3 is 5.97 Å². The van der Waals surface area contributed by atoms with E-state index in [4.69, 9.17) is 16.2 Å². The fourth-order valence-corrected chi connectivity index (χ4v) is 5.00. The molecule has 1 aromatic carbocycles. The Morgan fingerprint density at radius 2 is 1.83 bits per heavy atom. The molecule has 4 N–H and O–H groups in total. The minimum absolute atomic E-state index is 0.0140. The first kappa shape index (κ1) is 27.0. The third kappa shape index (κ3) is 5.78. The van der Waals surface area contributed by atoms with Crippen molar-refractivity contribution in [3.05, 3.63) is 52.6 Å². The third-order valence-corrected chi connectivity index (χ3v) is 7.38. The zero-order valence-electron chi connectivity index (χ0n) is 20.6. The number of aromatic nitrogens is 1. The maximum Gasteiger partial charge on any atom is 0.323 e. The van der Waals surface area contributed by atoms with Crippen molar-refractivity contribution in [2.75, 3.05) is 24.6 Å². The summed E-state index contributed by atoms with van der Waals surface area (Å²) in [5.74, 6) is -0.469. The maximum absolute atomic E-state index is 12.3. The highest BCUT2D eigenvalue weighted by molar-refractivity contribution is 8.00. The second-order valence-corrected chi connectivity index (χ2v) is 10.1. The zero-order chi connectivity index (χ0) is 26.4. The van der Waals surface area contributed by atoms with E-state index in [0.29, 0.717) is 47.0 Å². The number of ether oxygens (including phenoxy) is 1. The Kier molecular flexibility index (Phi) is 8.92. The van der Waals surface area contributed by atoms with Gasteiger partial charge in [-0.3, -0.25) is 9.59 Å². The number of carbonyl (C=O) groups is 2. The van der Waals surface area contributed by atoms with Crippen LogP contribution in [0.1, 0.15) is 48.3 Å². The van der Waals surface area contributed by atoms with Gasteiger partial charge in [-0.2, -0.15) is 10.5 Å². The fraction of sp³-hybridized carbons (Fsp3) is 0.423. The molecule has 2 aromatic rings. The number of benzene rings is 1. The summed E-state index contributed by atoms with van der Waals surface area (Å²) in [5.41, 5.74) is 13.5. The zero-order valence-corrected chi connectivity index (χ0v) is 21.4. The molecule has 1 aromatic heterocycles. The van der Waals surface area contributed by atoms with Crippen LogP contribution in [-0.2, 0) is 20.7 Å². The van der Waals surface area contributed by atoms with Crippen LogP contribution < -0.4 is 16.4 Å². The standard InChI is InChI=1S/C26H30N6O3S/c1-4-18-19(10-27)24(32-12-16(13-32)14-35-26(34)21(29)15(2)3)31-25(20(18)11-28)36-22(23(30)33)17-8-6-5-7-9-17/h5-9,15-16,21-22H,4,12-14,29H2,1-3H3,(H2,30,33). The molecule has 0 spiro atoms. The van der Waals surface area contributed by atoms with E-state index in [-0.39, 0.29) is 24.0 Å². The largest absolute Gasteiger partial charge is 0.464 e. The predicted molar refractivity (Wildman–Crippen MR) is 137 cm³/mol. The van der Waals surface area contributed by atoms with E-state index in [1.807, 2.05) is 43.9 Å². The number of esters is 1. The van der Waals surface area contributed by atoms with E-state index in [1.165, 1.54) is 0 Å². The molecule has 0 saturated carbocycles. The van der Waals surface area contributed by atoms with Gasteiger partial charge in [0.2, 0.25) is 5.91 Å². The number of hydrogen-bond donors (Lipinski definition) is 2. The summed E-state index contributed by atoms with van der Waals surface area (Å²) in [5, 5.41) is 19.5. The topological polar surface area (TPSA) is 159 Å². The summed E-state index contributed by atoms with van der Waals surface area (Å²) < 4.78 is 5.37. The lowest BCUT2D eigenvalue weighted by molar-refractivity contribution is -0.148. The van der Waals surface area contributed by atoms with Crippen LogP contribution in [0.15, 0.2) is 35.4 Å². The summed E-state index contributed by atoms with van der Waals surface area (Å²) in [6, 6.07) is 12.8. The number of pyridine rings is 1. The van der Waals surface area contributed by atoms with Crippen LogP contribution in [0.3, 0.4) is 0 Å². The van der Waals surface area contributed by atoms with E-state index in [2.05, 4.69) is 17.1 Å². The van der Waals surface area contributed by atoms with E-state index in [1.54, 1.807) is 12.1 Å². The second-order valence-electron chi connectivity index (χ2n) is 9.03. The minimum Gasteiger partial charge on any atom is -0.464 e. The Morgan fingerprint density at radius 1 is 1.19 bits per heavy atom. The normalized spacial score (nSPS) is 14.9. The van der Waals surface area contributed by atoms with Crippen LogP contribution in [0, 0.1) is 34.5 Å². The molecule has 188 valence electrons. The summed E-state index contributed by atoms with van der Waals surface area (Å²) in [7, 11) is 0. The Morgan fingerprint density at radius 3 is 2.36 bits per heavy atom. The van der Waals surface area contributed by atoms with Crippen molar-refractivity contribution in [1.82, 2.24) is 4.98 Å². The molecule has 2 heterocycles. The quantitative estimate of drug-likeness (QED) is 0.365. The highest BCUT2D eigenvalue weighted by Crippen LogP contribution is 2.40. The Labute approximate surface area is 215 Å². The van der Waals surface area contributed by atoms with E-state index in [0.717, 1.165) is 11.8 Å². The number of nitriles is 2. The lowest BCUT2D eigenvalue weighted by Gasteiger charge is -2.40. The van der Waals surface area contributed by atoms with Gasteiger partial charge in [0.05, 0.1) is 17.7 Å². The van der Waals surface area contributed by atoms with Gasteiger partial charge in [-0.15, -0.1) is 0 Å². The molecular formula is C26H30N6O3S. The summed E-state index contributed by atoms with van der Waals surface area (Å²) >= 11 is 1.11. The fourth-order valence-electron chi connectivity index (χ4n) is 3.94. The monoisotopic (exact) mass is 506 g/mol. The second kappa shape index (κ2) is 11.9. The molecule has 1 aliphatic rings. The van der Waals surface area contributed by atoms with Crippen molar-refractivity contribution >= 4 is 29.5 Å². The number of primary amides is 1. The molecule has 2 atom stereocenters. The van der Waals surface area contributed by atoms with Gasteiger partial charge in [0, 0.05) is 19.0 Å². The number of carbonyl (C=O) groups excluding carboxylic acids is 2. The molecule has 1 amide bonds. The number of amides is 1. The van der Waals surface area contributed by atoms with Crippen molar-refractivity contribution in [3.63, 3.8) is 0 Å². The van der Waals surface area contributed by atoms with Crippen molar-refractivity contribution in [2.45, 2.75) is 43.5 Å². The van der Waals surface area contributed by atoms with Gasteiger partial charge in [-0.05, 0) is 23.5 Å². The smallest absolute Gasteiger partial charge is 0.323 e. The number of nitrogens with zero attached hydrogens (tertiary/aromatic N) is 4. The number of hydrogen-bond acceptors (Lipinski definition) is 9. The van der Waals surface area contributed by atoms with Crippen LogP contribution in [0.2, 0.25) is 0 Å². The van der Waals surface area contributed by atoms with E-state index < -0.39 is 23.2 Å². The molecule has 36 heavy (non-hydrogen) atoms. The van der Waals surface area contributed by atoms with Crippen molar-refractivity contribution < 1.29 is 14.3 Å². The molecule has 2 unspecified atom stereocenters. The van der Waals surface area contributed by atoms with E-state index >= 15 is 0 Å². The third-order valence-electron chi connectivity index (χ3n) is 6.12. The van der Waals surface area contributed by atoms with Gasteiger partial charge in [-0.1, -0.05) is 62.9 Å². The molecule has 1 aliphatic heterocycles. The average Bonchev–Trinajstić information content (AvgIpc) is 2.85. The molecule has 3 rings (SSSR count). The summed E-state index contributed by atoms with van der Waals surface area (Å²) in [6.45, 7) is 6.88. The molecule has 10 heteroatoms. The molecular weight excluding hydrogens is 476 g/mol. The lowest BCUT2D eigenvalue weighted by atomic mass is 9.97. The molecule has 9 nitrogen and oxygen atoms in total. The first-order valence-electron chi connectivity index (χ1n) is 11.8. The molecule has 0 radical (unpaired) electrons. The average molecular weight is 507 g/mol. The van der Waals surface area contributed by atoms with Crippen molar-refractivity contribution in [2.24, 2.45) is 23.3 Å². The van der Waals surface area contributed by atoms with Crippen LogP contribution in [0.4, 0.5) is 5.82 Å². The summed E-state index contributed by atoms with van der Waals surface area (Å²) in [6.07, 6.45) is 0.448. The Hall–Kier alpha value is -3.60. The maximum atomic E-state index is 12.3. The lowest BCUT2D eigenvalue weighted by Crippen LogP contribution is -2.50. The number of thioether (sulfide) groups is 1. The van der Waals surface area contributed by atoms with Crippen LogP contribution in [0.25, 0.3) is 0 Å². The van der Waals surface area contributed by atoms with Gasteiger partial charge in [0.15, 0.2) is 0 Å². The minimum atomic E-state index is -0.745. The Balaban J connectivity index is 1.87. The van der Waals surface area contributed by atoms with Crippen molar-refractivity contribution in [3.8, 4) is 12.1 Å². The first-order chi connectivity index (χ1) is 17.2. The van der Waals surface area contributed by atoms with E-state index in [9.17, 15) is 20.1 Å². The highest BCUT2D eigenvalue weighted by atomic mass is 32.2.